The quantitative estimate of drug-likeness (QED) is 0.632. The van der Waals surface area contributed by atoms with Gasteiger partial charge in [-0.1, -0.05) is 0 Å². The minimum Gasteiger partial charge on any atom is -0.465 e. The average molecular weight is 410 g/mol. The molecule has 1 fully saturated rings. The number of piperidine rings is 1. The molecule has 7 nitrogen and oxygen atoms in total. The van der Waals surface area contributed by atoms with Gasteiger partial charge in [-0.25, -0.2) is 9.97 Å². The van der Waals surface area contributed by atoms with Gasteiger partial charge in [-0.15, -0.1) is 11.3 Å². The standard InChI is InChI=1S/C21H23N5O2S/c1-14-15(2)29-21(24-14)25-20-19(22-9-10-23-20)16-5-3-11-26(13-16)18(27)8-7-17-6-4-12-28-17/h4,6-10,12,16H,3,5,11,13H2,1-2H3,(H,23,24,25)/b8-7+/t16-/m1/s1. The predicted octanol–water partition coefficient (Wildman–Crippen LogP) is 4.31. The van der Waals surface area contributed by atoms with Crippen LogP contribution in [0.25, 0.3) is 6.08 Å². The maximum atomic E-state index is 12.6. The Bertz CT molecular complexity index is 993. The monoisotopic (exact) mass is 409 g/mol. The number of carbonyl (C=O) groups is 1. The van der Waals surface area contributed by atoms with Crippen molar-refractivity contribution >= 4 is 34.3 Å². The molecule has 4 rings (SSSR count). The number of hydrogen-bond acceptors (Lipinski definition) is 7. The molecule has 8 heteroatoms. The topological polar surface area (TPSA) is 84.2 Å². The predicted molar refractivity (Wildman–Crippen MR) is 113 cm³/mol. The lowest BCUT2D eigenvalue weighted by molar-refractivity contribution is -0.127. The minimum atomic E-state index is -0.0179. The van der Waals surface area contributed by atoms with E-state index in [4.69, 9.17) is 4.42 Å². The van der Waals surface area contributed by atoms with E-state index in [1.165, 1.54) is 4.88 Å². The Labute approximate surface area is 173 Å². The van der Waals surface area contributed by atoms with E-state index < -0.39 is 0 Å². The first kappa shape index (κ1) is 19.3. The minimum absolute atomic E-state index is 0.0179. The molecule has 0 bridgehead atoms. The van der Waals surface area contributed by atoms with E-state index in [-0.39, 0.29) is 11.8 Å². The lowest BCUT2D eigenvalue weighted by Gasteiger charge is -2.32. The molecule has 3 aromatic rings. The molecular formula is C21H23N5O2S. The van der Waals surface area contributed by atoms with Crippen molar-refractivity contribution in [2.24, 2.45) is 0 Å². The molecule has 0 saturated carbocycles. The molecule has 0 spiro atoms. The smallest absolute Gasteiger partial charge is 0.246 e. The van der Waals surface area contributed by atoms with E-state index in [1.807, 2.05) is 17.9 Å². The van der Waals surface area contributed by atoms with Gasteiger partial charge >= 0.3 is 0 Å². The number of furan rings is 1. The second-order valence-electron chi connectivity index (χ2n) is 7.05. The molecule has 150 valence electrons. The van der Waals surface area contributed by atoms with Crippen molar-refractivity contribution in [2.45, 2.75) is 32.6 Å². The van der Waals surface area contributed by atoms with Gasteiger partial charge in [-0.2, -0.15) is 0 Å². The maximum absolute atomic E-state index is 12.6. The molecule has 0 unspecified atom stereocenters. The Morgan fingerprint density at radius 3 is 2.97 bits per heavy atom. The summed E-state index contributed by atoms with van der Waals surface area (Å²) in [6.45, 7) is 5.41. The number of likely N-dealkylation sites (tertiary alicyclic amines) is 1. The molecule has 1 aliphatic rings. The number of aryl methyl sites for hydroxylation is 2. The normalized spacial score (nSPS) is 17.0. The molecule has 0 aliphatic carbocycles. The van der Waals surface area contributed by atoms with Gasteiger partial charge in [0.2, 0.25) is 5.91 Å². The summed E-state index contributed by atoms with van der Waals surface area (Å²) < 4.78 is 5.26. The van der Waals surface area contributed by atoms with Crippen LogP contribution in [0.3, 0.4) is 0 Å². The van der Waals surface area contributed by atoms with E-state index in [2.05, 4.69) is 27.2 Å². The van der Waals surface area contributed by atoms with Crippen LogP contribution in [0.5, 0.6) is 0 Å². The highest BCUT2D eigenvalue weighted by atomic mass is 32.1. The number of nitrogens with zero attached hydrogens (tertiary/aromatic N) is 4. The number of anilines is 2. The number of carbonyl (C=O) groups excluding carboxylic acids is 1. The fourth-order valence-corrected chi connectivity index (χ4v) is 4.23. The van der Waals surface area contributed by atoms with Crippen molar-refractivity contribution in [3.8, 4) is 0 Å². The van der Waals surface area contributed by atoms with Crippen molar-refractivity contribution in [3.05, 3.63) is 58.9 Å². The van der Waals surface area contributed by atoms with Crippen molar-refractivity contribution in [2.75, 3.05) is 18.4 Å². The third kappa shape index (κ3) is 4.54. The third-order valence-corrected chi connectivity index (χ3v) is 6.02. The van der Waals surface area contributed by atoms with E-state index in [9.17, 15) is 4.79 Å². The fraction of sp³-hybridized carbons (Fsp3) is 0.333. The first-order valence-electron chi connectivity index (χ1n) is 9.62. The van der Waals surface area contributed by atoms with E-state index in [0.29, 0.717) is 18.1 Å². The summed E-state index contributed by atoms with van der Waals surface area (Å²) in [6, 6.07) is 3.62. The van der Waals surface area contributed by atoms with Crippen molar-refractivity contribution in [1.82, 2.24) is 19.9 Å². The van der Waals surface area contributed by atoms with E-state index in [0.717, 1.165) is 35.9 Å². The largest absolute Gasteiger partial charge is 0.465 e. The van der Waals surface area contributed by atoms with Gasteiger partial charge in [-0.3, -0.25) is 9.78 Å². The van der Waals surface area contributed by atoms with Crippen LogP contribution < -0.4 is 5.32 Å². The zero-order chi connectivity index (χ0) is 20.2. The number of amides is 1. The van der Waals surface area contributed by atoms with Gasteiger partial charge in [0.05, 0.1) is 17.7 Å². The van der Waals surface area contributed by atoms with Gasteiger partial charge < -0.3 is 14.6 Å². The number of nitrogens with one attached hydrogen (secondary N) is 1. The van der Waals surface area contributed by atoms with Crippen LogP contribution in [0.1, 0.15) is 40.8 Å². The Balaban J connectivity index is 1.49. The molecule has 3 aromatic heterocycles. The molecule has 1 atom stereocenters. The maximum Gasteiger partial charge on any atom is 0.246 e. The molecule has 1 amide bonds. The highest BCUT2D eigenvalue weighted by Crippen LogP contribution is 2.32. The number of aromatic nitrogens is 3. The second kappa shape index (κ2) is 8.57. The fourth-order valence-electron chi connectivity index (χ4n) is 3.42. The van der Waals surface area contributed by atoms with Crippen LogP contribution >= 0.6 is 11.3 Å². The van der Waals surface area contributed by atoms with Gasteiger partial charge in [0.15, 0.2) is 10.9 Å². The van der Waals surface area contributed by atoms with Crippen LogP contribution in [0, 0.1) is 13.8 Å². The molecule has 1 N–H and O–H groups in total. The first-order chi connectivity index (χ1) is 14.1. The summed E-state index contributed by atoms with van der Waals surface area (Å²) in [5.74, 6) is 1.49. The SMILES string of the molecule is Cc1nc(Nc2nccnc2[C@@H]2CCCN(C(=O)/C=C/c3ccco3)C2)sc1C. The van der Waals surface area contributed by atoms with Crippen LogP contribution in [0.15, 0.2) is 41.3 Å². The average Bonchev–Trinajstić information content (AvgIpc) is 3.36. The van der Waals surface area contributed by atoms with Gasteiger partial charge in [0.25, 0.3) is 0 Å². The number of thiazole rings is 1. The molecule has 1 aliphatic heterocycles. The van der Waals surface area contributed by atoms with Gasteiger partial charge in [0, 0.05) is 42.4 Å². The van der Waals surface area contributed by atoms with E-state index >= 15 is 0 Å². The molecule has 29 heavy (non-hydrogen) atoms. The Morgan fingerprint density at radius 2 is 2.21 bits per heavy atom. The van der Waals surface area contributed by atoms with Crippen molar-refractivity contribution in [1.29, 1.82) is 0 Å². The van der Waals surface area contributed by atoms with Crippen molar-refractivity contribution < 1.29 is 9.21 Å². The molecular weight excluding hydrogens is 386 g/mol. The zero-order valence-corrected chi connectivity index (χ0v) is 17.3. The van der Waals surface area contributed by atoms with Crippen LogP contribution in [-0.2, 0) is 4.79 Å². The highest BCUT2D eigenvalue weighted by Gasteiger charge is 2.27. The Morgan fingerprint density at radius 1 is 1.34 bits per heavy atom. The lowest BCUT2D eigenvalue weighted by atomic mass is 9.94. The third-order valence-electron chi connectivity index (χ3n) is 5.03. The summed E-state index contributed by atoms with van der Waals surface area (Å²) in [7, 11) is 0. The summed E-state index contributed by atoms with van der Waals surface area (Å²) >= 11 is 1.60. The molecule has 0 radical (unpaired) electrons. The van der Waals surface area contributed by atoms with Crippen LogP contribution in [-0.4, -0.2) is 38.8 Å². The van der Waals surface area contributed by atoms with Crippen LogP contribution in [0.4, 0.5) is 10.9 Å². The van der Waals surface area contributed by atoms with Gasteiger partial charge in [-0.05, 0) is 44.9 Å². The number of hydrogen-bond donors (Lipinski definition) is 1. The highest BCUT2D eigenvalue weighted by molar-refractivity contribution is 7.15. The van der Waals surface area contributed by atoms with Gasteiger partial charge in [0.1, 0.15) is 5.76 Å². The second-order valence-corrected chi connectivity index (χ2v) is 8.25. The zero-order valence-electron chi connectivity index (χ0n) is 16.5. The summed E-state index contributed by atoms with van der Waals surface area (Å²) in [6.07, 6.45) is 10.1. The van der Waals surface area contributed by atoms with E-state index in [1.54, 1.807) is 48.2 Å². The number of rotatable bonds is 5. The molecule has 4 heterocycles. The lowest BCUT2D eigenvalue weighted by Crippen LogP contribution is -2.38. The summed E-state index contributed by atoms with van der Waals surface area (Å²) in [4.78, 5) is 29.3. The summed E-state index contributed by atoms with van der Waals surface area (Å²) in [5, 5.41) is 4.14. The molecule has 1 saturated heterocycles. The Kier molecular flexibility index (Phi) is 5.71. The van der Waals surface area contributed by atoms with Crippen LogP contribution in [0.2, 0.25) is 0 Å². The first-order valence-corrected chi connectivity index (χ1v) is 10.4. The Hall–Kier alpha value is -3.00. The molecule has 0 aromatic carbocycles. The summed E-state index contributed by atoms with van der Waals surface area (Å²) in [5.41, 5.74) is 1.89. The van der Waals surface area contributed by atoms with Crippen molar-refractivity contribution in [3.63, 3.8) is 0 Å².